The van der Waals surface area contributed by atoms with Gasteiger partial charge >= 0.3 is 0 Å². The van der Waals surface area contributed by atoms with Gasteiger partial charge in [0, 0.05) is 12.0 Å². The van der Waals surface area contributed by atoms with Crippen molar-refractivity contribution in [1.29, 1.82) is 0 Å². The number of benzene rings is 2. The van der Waals surface area contributed by atoms with Gasteiger partial charge in [-0.2, -0.15) is 0 Å². The summed E-state index contributed by atoms with van der Waals surface area (Å²) in [5.74, 6) is 0.710. The summed E-state index contributed by atoms with van der Waals surface area (Å²) >= 11 is 0. The molecule has 1 aliphatic heterocycles. The van der Waals surface area contributed by atoms with Crippen LogP contribution in [0, 0.1) is 5.82 Å². The number of halogens is 1. The molecule has 0 saturated carbocycles. The lowest BCUT2D eigenvalue weighted by atomic mass is 10.0. The number of nitrogens with one attached hydrogen (secondary N) is 1. The molecule has 1 N–H and O–H groups in total. The molecule has 0 saturated heterocycles. The molecule has 0 bridgehead atoms. The zero-order valence-electron chi connectivity index (χ0n) is 12.8. The molecular weight excluding hydrogens is 297 g/mol. The molecule has 3 rings (SSSR count). The van der Waals surface area contributed by atoms with Crippen LogP contribution in [0.3, 0.4) is 0 Å². The summed E-state index contributed by atoms with van der Waals surface area (Å²) < 4.78 is 24.0. The maximum atomic E-state index is 12.9. The van der Waals surface area contributed by atoms with Crippen molar-refractivity contribution in [3.63, 3.8) is 0 Å². The minimum atomic E-state index is -0.671. The fourth-order valence-electron chi connectivity index (χ4n) is 2.55. The standard InChI is InChI=1S/C18H18FNO3/c1-12(23-14-8-6-13(19)7-9-14)18(21)20-16-10-11-22-17-5-3-2-4-15(16)17/h2-9,12,16H,10-11H2,1H3,(H,20,21)/t12-,16+/m1/s1. The lowest BCUT2D eigenvalue weighted by Gasteiger charge is -2.27. The van der Waals surface area contributed by atoms with Gasteiger partial charge in [-0.1, -0.05) is 18.2 Å². The first kappa shape index (κ1) is 15.3. The van der Waals surface area contributed by atoms with Gasteiger partial charge in [0.1, 0.15) is 17.3 Å². The van der Waals surface area contributed by atoms with E-state index in [-0.39, 0.29) is 17.8 Å². The van der Waals surface area contributed by atoms with Crippen LogP contribution in [-0.4, -0.2) is 18.6 Å². The summed E-state index contributed by atoms with van der Waals surface area (Å²) in [7, 11) is 0. The maximum absolute atomic E-state index is 12.9. The largest absolute Gasteiger partial charge is 0.493 e. The second-order valence-electron chi connectivity index (χ2n) is 5.45. The molecule has 0 aromatic heterocycles. The fourth-order valence-corrected chi connectivity index (χ4v) is 2.55. The van der Waals surface area contributed by atoms with Crippen molar-refractivity contribution in [1.82, 2.24) is 5.32 Å². The molecular formula is C18H18FNO3. The minimum absolute atomic E-state index is 0.0910. The number of hydrogen-bond acceptors (Lipinski definition) is 3. The van der Waals surface area contributed by atoms with Gasteiger partial charge in [-0.05, 0) is 37.3 Å². The van der Waals surface area contributed by atoms with E-state index < -0.39 is 6.10 Å². The van der Waals surface area contributed by atoms with E-state index in [0.29, 0.717) is 18.8 Å². The minimum Gasteiger partial charge on any atom is -0.493 e. The number of ether oxygens (including phenoxy) is 2. The van der Waals surface area contributed by atoms with Crippen molar-refractivity contribution in [3.05, 3.63) is 59.9 Å². The average Bonchev–Trinajstić information content (AvgIpc) is 2.57. The van der Waals surface area contributed by atoms with Gasteiger partial charge < -0.3 is 14.8 Å². The normalized spacial score (nSPS) is 17.6. The Labute approximate surface area is 134 Å². The first-order chi connectivity index (χ1) is 11.1. The van der Waals surface area contributed by atoms with Gasteiger partial charge in [-0.15, -0.1) is 0 Å². The van der Waals surface area contributed by atoms with E-state index in [4.69, 9.17) is 9.47 Å². The lowest BCUT2D eigenvalue weighted by molar-refractivity contribution is -0.128. The van der Waals surface area contributed by atoms with Crippen LogP contribution >= 0.6 is 0 Å². The van der Waals surface area contributed by atoms with Crippen LogP contribution in [0.5, 0.6) is 11.5 Å². The molecule has 2 atom stereocenters. The number of fused-ring (bicyclic) bond motifs is 1. The zero-order chi connectivity index (χ0) is 16.2. The number of carbonyl (C=O) groups excluding carboxylic acids is 1. The fraction of sp³-hybridized carbons (Fsp3) is 0.278. The summed E-state index contributed by atoms with van der Waals surface area (Å²) in [5.41, 5.74) is 0.973. The first-order valence-corrected chi connectivity index (χ1v) is 7.58. The Morgan fingerprint density at radius 3 is 2.78 bits per heavy atom. The average molecular weight is 315 g/mol. The van der Waals surface area contributed by atoms with Crippen LogP contribution in [-0.2, 0) is 4.79 Å². The molecule has 5 heteroatoms. The highest BCUT2D eigenvalue weighted by Gasteiger charge is 2.25. The third-order valence-corrected chi connectivity index (χ3v) is 3.77. The van der Waals surface area contributed by atoms with Crippen LogP contribution in [0.15, 0.2) is 48.5 Å². The van der Waals surface area contributed by atoms with Crippen LogP contribution in [0.1, 0.15) is 24.9 Å². The van der Waals surface area contributed by atoms with E-state index in [1.54, 1.807) is 6.92 Å². The molecule has 0 fully saturated rings. The highest BCUT2D eigenvalue weighted by molar-refractivity contribution is 5.81. The predicted octanol–water partition coefficient (Wildman–Crippen LogP) is 3.23. The monoisotopic (exact) mass is 315 g/mol. The smallest absolute Gasteiger partial charge is 0.261 e. The Kier molecular flexibility index (Phi) is 4.46. The van der Waals surface area contributed by atoms with E-state index in [9.17, 15) is 9.18 Å². The second kappa shape index (κ2) is 6.69. The molecule has 1 aliphatic rings. The molecule has 2 aromatic carbocycles. The number of rotatable bonds is 4. The topological polar surface area (TPSA) is 47.6 Å². The number of amides is 1. The van der Waals surface area contributed by atoms with E-state index in [0.717, 1.165) is 11.3 Å². The first-order valence-electron chi connectivity index (χ1n) is 7.58. The Morgan fingerprint density at radius 1 is 1.26 bits per heavy atom. The molecule has 23 heavy (non-hydrogen) atoms. The number of para-hydroxylation sites is 1. The Hall–Kier alpha value is -2.56. The van der Waals surface area contributed by atoms with Gasteiger partial charge in [0.25, 0.3) is 5.91 Å². The molecule has 0 unspecified atom stereocenters. The van der Waals surface area contributed by atoms with Gasteiger partial charge in [0.2, 0.25) is 0 Å². The quantitative estimate of drug-likeness (QED) is 0.942. The number of hydrogen-bond donors (Lipinski definition) is 1. The van der Waals surface area contributed by atoms with Crippen molar-refractivity contribution in [2.45, 2.75) is 25.5 Å². The Morgan fingerprint density at radius 2 is 2.00 bits per heavy atom. The van der Waals surface area contributed by atoms with E-state index >= 15 is 0 Å². The van der Waals surface area contributed by atoms with Crippen LogP contribution in [0.4, 0.5) is 4.39 Å². The van der Waals surface area contributed by atoms with Crippen molar-refractivity contribution < 1.29 is 18.7 Å². The summed E-state index contributed by atoms with van der Waals surface area (Å²) in [5, 5.41) is 2.99. The number of carbonyl (C=O) groups is 1. The third-order valence-electron chi connectivity index (χ3n) is 3.77. The molecule has 0 aliphatic carbocycles. The van der Waals surface area contributed by atoms with E-state index in [2.05, 4.69) is 5.32 Å². The molecule has 0 spiro atoms. The van der Waals surface area contributed by atoms with Crippen molar-refractivity contribution in [3.8, 4) is 11.5 Å². The second-order valence-corrected chi connectivity index (χ2v) is 5.45. The third kappa shape index (κ3) is 3.62. The molecule has 0 radical (unpaired) electrons. The molecule has 4 nitrogen and oxygen atoms in total. The van der Waals surface area contributed by atoms with Gasteiger partial charge in [-0.3, -0.25) is 4.79 Å². The summed E-state index contributed by atoms with van der Waals surface area (Å²) in [6.45, 7) is 2.24. The van der Waals surface area contributed by atoms with Gasteiger partial charge in [0.15, 0.2) is 6.10 Å². The molecule has 1 amide bonds. The molecule has 2 aromatic rings. The summed E-state index contributed by atoms with van der Waals surface area (Å²) in [6.07, 6.45) is 0.0434. The van der Waals surface area contributed by atoms with Gasteiger partial charge in [0.05, 0.1) is 12.6 Å². The highest BCUT2D eigenvalue weighted by Crippen LogP contribution is 2.31. The maximum Gasteiger partial charge on any atom is 0.261 e. The molecule has 1 heterocycles. The van der Waals surface area contributed by atoms with E-state index in [1.807, 2.05) is 24.3 Å². The van der Waals surface area contributed by atoms with Crippen molar-refractivity contribution >= 4 is 5.91 Å². The van der Waals surface area contributed by atoms with Gasteiger partial charge in [-0.25, -0.2) is 4.39 Å². The van der Waals surface area contributed by atoms with Crippen LogP contribution in [0.2, 0.25) is 0 Å². The molecule has 120 valence electrons. The van der Waals surface area contributed by atoms with Crippen molar-refractivity contribution in [2.24, 2.45) is 0 Å². The Bertz CT molecular complexity index is 687. The zero-order valence-corrected chi connectivity index (χ0v) is 12.8. The highest BCUT2D eigenvalue weighted by atomic mass is 19.1. The SMILES string of the molecule is C[C@@H](Oc1ccc(F)cc1)C(=O)N[C@H]1CCOc2ccccc21. The van der Waals surface area contributed by atoms with Crippen molar-refractivity contribution in [2.75, 3.05) is 6.61 Å². The predicted molar refractivity (Wildman–Crippen MR) is 83.9 cm³/mol. The lowest BCUT2D eigenvalue weighted by Crippen LogP contribution is -2.40. The summed E-state index contributed by atoms with van der Waals surface area (Å²) in [4.78, 5) is 12.3. The van der Waals surface area contributed by atoms with Crippen LogP contribution in [0.25, 0.3) is 0 Å². The Balaban J connectivity index is 1.64. The van der Waals surface area contributed by atoms with Crippen LogP contribution < -0.4 is 14.8 Å². The summed E-state index contributed by atoms with van der Waals surface area (Å²) in [6, 6.07) is 13.2. The van der Waals surface area contributed by atoms with E-state index in [1.165, 1.54) is 24.3 Å².